The highest BCUT2D eigenvalue weighted by Crippen LogP contribution is 2.18. The SMILES string of the molecule is OCCc1cnc(Cc2ccccc2Cl)o1. The quantitative estimate of drug-likeness (QED) is 0.889. The Bertz CT molecular complexity index is 468. The molecule has 1 aromatic carbocycles. The Labute approximate surface area is 98.7 Å². The van der Waals surface area contributed by atoms with Crippen LogP contribution in [0.25, 0.3) is 0 Å². The molecule has 0 saturated heterocycles. The van der Waals surface area contributed by atoms with Crippen LogP contribution in [-0.2, 0) is 12.8 Å². The van der Waals surface area contributed by atoms with Crippen LogP contribution in [0.2, 0.25) is 5.02 Å². The van der Waals surface area contributed by atoms with Gasteiger partial charge >= 0.3 is 0 Å². The molecule has 4 heteroatoms. The highest BCUT2D eigenvalue weighted by Gasteiger charge is 2.06. The highest BCUT2D eigenvalue weighted by atomic mass is 35.5. The molecule has 0 bridgehead atoms. The molecule has 0 fully saturated rings. The molecule has 1 aromatic heterocycles. The van der Waals surface area contributed by atoms with Crippen molar-refractivity contribution in [2.24, 2.45) is 0 Å². The second-order valence-corrected chi connectivity index (χ2v) is 3.87. The van der Waals surface area contributed by atoms with Gasteiger partial charge in [0.1, 0.15) is 5.76 Å². The summed E-state index contributed by atoms with van der Waals surface area (Å²) < 4.78 is 5.45. The van der Waals surface area contributed by atoms with Crippen molar-refractivity contribution in [3.63, 3.8) is 0 Å². The molecule has 0 atom stereocenters. The Morgan fingerprint density at radius 2 is 2.12 bits per heavy atom. The summed E-state index contributed by atoms with van der Waals surface area (Å²) in [6.07, 6.45) is 2.71. The monoisotopic (exact) mass is 237 g/mol. The lowest BCUT2D eigenvalue weighted by Crippen LogP contribution is -1.89. The Morgan fingerprint density at radius 1 is 1.31 bits per heavy atom. The average Bonchev–Trinajstić information content (AvgIpc) is 2.70. The van der Waals surface area contributed by atoms with Crippen LogP contribution in [0.5, 0.6) is 0 Å². The van der Waals surface area contributed by atoms with Gasteiger partial charge in [-0.15, -0.1) is 0 Å². The summed E-state index contributed by atoms with van der Waals surface area (Å²) in [7, 11) is 0. The minimum Gasteiger partial charge on any atom is -0.445 e. The Hall–Kier alpha value is -1.32. The summed E-state index contributed by atoms with van der Waals surface area (Å²) in [5, 5.41) is 9.47. The van der Waals surface area contributed by atoms with Gasteiger partial charge in [-0.2, -0.15) is 0 Å². The third-order valence-electron chi connectivity index (χ3n) is 2.26. The zero-order valence-electron chi connectivity index (χ0n) is 8.69. The lowest BCUT2D eigenvalue weighted by Gasteiger charge is -1.99. The van der Waals surface area contributed by atoms with Gasteiger partial charge in [0, 0.05) is 11.4 Å². The molecular weight excluding hydrogens is 226 g/mol. The van der Waals surface area contributed by atoms with E-state index in [1.807, 2.05) is 24.3 Å². The van der Waals surface area contributed by atoms with Crippen molar-refractivity contribution in [3.8, 4) is 0 Å². The molecule has 0 saturated carbocycles. The first-order valence-corrected chi connectivity index (χ1v) is 5.45. The van der Waals surface area contributed by atoms with Crippen molar-refractivity contribution < 1.29 is 9.52 Å². The first kappa shape index (κ1) is 11.2. The third kappa shape index (κ3) is 2.62. The van der Waals surface area contributed by atoms with Crippen LogP contribution < -0.4 is 0 Å². The van der Waals surface area contributed by atoms with E-state index >= 15 is 0 Å². The van der Waals surface area contributed by atoms with E-state index in [1.165, 1.54) is 0 Å². The van der Waals surface area contributed by atoms with Gasteiger partial charge in [0.2, 0.25) is 0 Å². The summed E-state index contributed by atoms with van der Waals surface area (Å²) in [6, 6.07) is 7.60. The maximum absolute atomic E-state index is 8.75. The van der Waals surface area contributed by atoms with Crippen LogP contribution in [0, 0.1) is 0 Å². The second-order valence-electron chi connectivity index (χ2n) is 3.46. The van der Waals surface area contributed by atoms with E-state index < -0.39 is 0 Å². The second kappa shape index (κ2) is 5.14. The van der Waals surface area contributed by atoms with Gasteiger partial charge in [-0.1, -0.05) is 29.8 Å². The molecule has 84 valence electrons. The molecule has 2 aromatic rings. The molecule has 2 rings (SSSR count). The van der Waals surface area contributed by atoms with E-state index in [0.29, 0.717) is 29.5 Å². The van der Waals surface area contributed by atoms with Crippen LogP contribution in [-0.4, -0.2) is 16.7 Å². The molecule has 0 unspecified atom stereocenters. The van der Waals surface area contributed by atoms with E-state index in [9.17, 15) is 0 Å². The third-order valence-corrected chi connectivity index (χ3v) is 2.63. The molecule has 0 spiro atoms. The van der Waals surface area contributed by atoms with Gasteiger partial charge in [-0.3, -0.25) is 0 Å². The Balaban J connectivity index is 2.11. The highest BCUT2D eigenvalue weighted by molar-refractivity contribution is 6.31. The van der Waals surface area contributed by atoms with Crippen molar-refractivity contribution in [2.75, 3.05) is 6.61 Å². The Morgan fingerprint density at radius 3 is 2.88 bits per heavy atom. The van der Waals surface area contributed by atoms with E-state index in [1.54, 1.807) is 6.20 Å². The first-order chi connectivity index (χ1) is 7.79. The number of hydrogen-bond acceptors (Lipinski definition) is 3. The van der Waals surface area contributed by atoms with Crippen LogP contribution in [0.4, 0.5) is 0 Å². The number of hydrogen-bond donors (Lipinski definition) is 1. The fourth-order valence-corrected chi connectivity index (χ4v) is 1.66. The average molecular weight is 238 g/mol. The van der Waals surface area contributed by atoms with Gasteiger partial charge in [0.25, 0.3) is 0 Å². The topological polar surface area (TPSA) is 46.3 Å². The van der Waals surface area contributed by atoms with Crippen LogP contribution in [0.1, 0.15) is 17.2 Å². The standard InChI is InChI=1S/C12H12ClNO2/c13-11-4-2-1-3-9(11)7-12-14-8-10(16-12)5-6-15/h1-4,8,15H,5-7H2. The number of rotatable bonds is 4. The van der Waals surface area contributed by atoms with Gasteiger partial charge in [0.05, 0.1) is 19.2 Å². The van der Waals surface area contributed by atoms with Crippen LogP contribution in [0.15, 0.2) is 34.9 Å². The van der Waals surface area contributed by atoms with E-state index in [-0.39, 0.29) is 6.61 Å². The summed E-state index contributed by atoms with van der Waals surface area (Å²) in [5.74, 6) is 1.32. The summed E-state index contributed by atoms with van der Waals surface area (Å²) in [4.78, 5) is 4.13. The zero-order chi connectivity index (χ0) is 11.4. The van der Waals surface area contributed by atoms with Crippen LogP contribution >= 0.6 is 11.6 Å². The lowest BCUT2D eigenvalue weighted by atomic mass is 10.1. The number of halogens is 1. The maximum atomic E-state index is 8.75. The van der Waals surface area contributed by atoms with Gasteiger partial charge in [-0.05, 0) is 11.6 Å². The van der Waals surface area contributed by atoms with Crippen molar-refractivity contribution in [1.29, 1.82) is 0 Å². The molecule has 1 heterocycles. The van der Waals surface area contributed by atoms with Crippen molar-refractivity contribution >= 4 is 11.6 Å². The molecule has 16 heavy (non-hydrogen) atoms. The molecule has 0 radical (unpaired) electrons. The fraction of sp³-hybridized carbons (Fsp3) is 0.250. The van der Waals surface area contributed by atoms with Gasteiger partial charge in [-0.25, -0.2) is 4.98 Å². The Kier molecular flexibility index (Phi) is 3.59. The summed E-state index contributed by atoms with van der Waals surface area (Å²) in [6.45, 7) is 0.0702. The number of aliphatic hydroxyl groups excluding tert-OH is 1. The molecule has 3 nitrogen and oxygen atoms in total. The molecule has 1 N–H and O–H groups in total. The van der Waals surface area contributed by atoms with Crippen LogP contribution in [0.3, 0.4) is 0 Å². The smallest absolute Gasteiger partial charge is 0.198 e. The number of aromatic nitrogens is 1. The number of benzene rings is 1. The minimum absolute atomic E-state index is 0.0702. The summed E-state index contributed by atoms with van der Waals surface area (Å²) in [5.41, 5.74) is 0.988. The predicted octanol–water partition coefficient (Wildman–Crippen LogP) is 2.45. The van der Waals surface area contributed by atoms with Crippen molar-refractivity contribution in [2.45, 2.75) is 12.8 Å². The lowest BCUT2D eigenvalue weighted by molar-refractivity contribution is 0.286. The van der Waals surface area contributed by atoms with E-state index in [2.05, 4.69) is 4.98 Å². The van der Waals surface area contributed by atoms with Gasteiger partial charge in [0.15, 0.2) is 5.89 Å². The summed E-state index contributed by atoms with van der Waals surface area (Å²) >= 11 is 6.03. The van der Waals surface area contributed by atoms with Gasteiger partial charge < -0.3 is 9.52 Å². The fourth-order valence-electron chi connectivity index (χ4n) is 1.46. The first-order valence-electron chi connectivity index (χ1n) is 5.07. The number of aliphatic hydroxyl groups is 1. The molecule has 0 amide bonds. The normalized spacial score (nSPS) is 10.6. The maximum Gasteiger partial charge on any atom is 0.198 e. The largest absolute Gasteiger partial charge is 0.445 e. The molecule has 0 aliphatic carbocycles. The van der Waals surface area contributed by atoms with Crippen molar-refractivity contribution in [3.05, 3.63) is 52.7 Å². The molecular formula is C12H12ClNO2. The molecule has 0 aliphatic heterocycles. The van der Waals surface area contributed by atoms with Crippen molar-refractivity contribution in [1.82, 2.24) is 4.98 Å². The zero-order valence-corrected chi connectivity index (χ0v) is 9.44. The van der Waals surface area contributed by atoms with E-state index in [4.69, 9.17) is 21.1 Å². The van der Waals surface area contributed by atoms with E-state index in [0.717, 1.165) is 5.56 Å². The predicted molar refractivity (Wildman–Crippen MR) is 61.6 cm³/mol. The minimum atomic E-state index is 0.0702. The number of nitrogens with zero attached hydrogens (tertiary/aromatic N) is 1. The molecule has 0 aliphatic rings. The number of oxazole rings is 1.